The number of nitrogens with zero attached hydrogens (tertiary/aromatic N) is 2. The second kappa shape index (κ2) is 6.42. The summed E-state index contributed by atoms with van der Waals surface area (Å²) in [6, 6.07) is 15.2. The number of benzene rings is 1. The Bertz CT molecular complexity index is 743. The van der Waals surface area contributed by atoms with Crippen LogP contribution in [0.3, 0.4) is 0 Å². The van der Waals surface area contributed by atoms with E-state index < -0.39 is 10.0 Å². The molecular formula is C17H18N2O2S. The third-order valence-corrected chi connectivity index (χ3v) is 5.38. The van der Waals surface area contributed by atoms with Crippen molar-refractivity contribution in [1.29, 1.82) is 0 Å². The van der Waals surface area contributed by atoms with Crippen LogP contribution in [0.15, 0.2) is 60.1 Å². The first kappa shape index (κ1) is 14.9. The first-order valence-corrected chi connectivity index (χ1v) is 8.80. The minimum absolute atomic E-state index is 0.182. The molecule has 1 aliphatic rings. The zero-order valence-corrected chi connectivity index (χ0v) is 13.0. The smallest absolute Gasteiger partial charge is 0.236 e. The maximum atomic E-state index is 12.4. The monoisotopic (exact) mass is 314 g/mol. The van der Waals surface area contributed by atoms with Gasteiger partial charge in [0.15, 0.2) is 0 Å². The van der Waals surface area contributed by atoms with E-state index in [4.69, 9.17) is 0 Å². The molecule has 5 heteroatoms. The Hall–Kier alpha value is -1.98. The van der Waals surface area contributed by atoms with E-state index in [1.54, 1.807) is 12.3 Å². The van der Waals surface area contributed by atoms with E-state index in [9.17, 15) is 8.42 Å². The van der Waals surface area contributed by atoms with Crippen LogP contribution >= 0.6 is 0 Å². The molecule has 0 bridgehead atoms. The number of sulfonamides is 1. The van der Waals surface area contributed by atoms with Crippen LogP contribution in [0.4, 0.5) is 0 Å². The molecular weight excluding hydrogens is 296 g/mol. The molecule has 1 aromatic heterocycles. The molecule has 2 heterocycles. The SMILES string of the molecule is O=S(=O)(C=Cc1ccccc1)N1CCC(c2ccccn2)C1. The van der Waals surface area contributed by atoms with Crippen molar-refractivity contribution in [2.75, 3.05) is 13.1 Å². The maximum absolute atomic E-state index is 12.4. The minimum atomic E-state index is -3.37. The van der Waals surface area contributed by atoms with Gasteiger partial charge in [-0.2, -0.15) is 4.31 Å². The summed E-state index contributed by atoms with van der Waals surface area (Å²) in [5.74, 6) is 0.182. The van der Waals surface area contributed by atoms with Crippen LogP contribution in [0.2, 0.25) is 0 Å². The fourth-order valence-corrected chi connectivity index (χ4v) is 3.88. The number of aromatic nitrogens is 1. The van der Waals surface area contributed by atoms with Crippen LogP contribution < -0.4 is 0 Å². The third-order valence-electron chi connectivity index (χ3n) is 3.85. The molecule has 114 valence electrons. The largest absolute Gasteiger partial charge is 0.261 e. The normalized spacial score (nSPS) is 19.7. The lowest BCUT2D eigenvalue weighted by molar-refractivity contribution is 0.481. The number of hydrogen-bond acceptors (Lipinski definition) is 3. The van der Waals surface area contributed by atoms with Gasteiger partial charge in [0.2, 0.25) is 10.0 Å². The van der Waals surface area contributed by atoms with Crippen LogP contribution in [-0.2, 0) is 10.0 Å². The first-order valence-electron chi connectivity index (χ1n) is 7.29. The van der Waals surface area contributed by atoms with Gasteiger partial charge in [-0.15, -0.1) is 0 Å². The average Bonchev–Trinajstić information content (AvgIpc) is 3.06. The molecule has 1 aliphatic heterocycles. The number of pyridine rings is 1. The van der Waals surface area contributed by atoms with Crippen LogP contribution in [0, 0.1) is 0 Å². The second-order valence-corrected chi connectivity index (χ2v) is 7.18. The first-order chi connectivity index (χ1) is 10.6. The van der Waals surface area contributed by atoms with Gasteiger partial charge in [0.05, 0.1) is 0 Å². The van der Waals surface area contributed by atoms with Crippen LogP contribution in [0.1, 0.15) is 23.6 Å². The van der Waals surface area contributed by atoms with E-state index >= 15 is 0 Å². The summed E-state index contributed by atoms with van der Waals surface area (Å²) < 4.78 is 26.3. The fourth-order valence-electron chi connectivity index (χ4n) is 2.63. The highest BCUT2D eigenvalue weighted by Crippen LogP contribution is 2.28. The molecule has 2 aromatic rings. The summed E-state index contributed by atoms with van der Waals surface area (Å²) in [4.78, 5) is 4.33. The summed E-state index contributed by atoms with van der Waals surface area (Å²) >= 11 is 0. The summed E-state index contributed by atoms with van der Waals surface area (Å²) in [6.07, 6.45) is 4.21. The lowest BCUT2D eigenvalue weighted by Crippen LogP contribution is -2.26. The molecule has 4 nitrogen and oxygen atoms in total. The van der Waals surface area contributed by atoms with Gasteiger partial charge in [0.1, 0.15) is 0 Å². The standard InChI is InChI=1S/C17H18N2O2S/c20-22(21,13-10-15-6-2-1-3-7-15)19-12-9-16(14-19)17-8-4-5-11-18-17/h1-8,10-11,13,16H,9,12,14H2. The van der Waals surface area contributed by atoms with Crippen molar-refractivity contribution in [1.82, 2.24) is 9.29 Å². The van der Waals surface area contributed by atoms with Gasteiger partial charge in [-0.1, -0.05) is 36.4 Å². The molecule has 0 spiro atoms. The summed E-state index contributed by atoms with van der Waals surface area (Å²) in [7, 11) is -3.37. The summed E-state index contributed by atoms with van der Waals surface area (Å²) in [5, 5.41) is 1.29. The maximum Gasteiger partial charge on any atom is 0.236 e. The Balaban J connectivity index is 1.70. The Morgan fingerprint density at radius 3 is 2.59 bits per heavy atom. The number of hydrogen-bond donors (Lipinski definition) is 0. The predicted molar refractivity (Wildman–Crippen MR) is 87.6 cm³/mol. The fraction of sp³-hybridized carbons (Fsp3) is 0.235. The molecule has 22 heavy (non-hydrogen) atoms. The van der Waals surface area contributed by atoms with Gasteiger partial charge in [-0.25, -0.2) is 8.42 Å². The highest BCUT2D eigenvalue weighted by molar-refractivity contribution is 7.92. The topological polar surface area (TPSA) is 50.3 Å². The van der Waals surface area contributed by atoms with Crippen LogP contribution in [0.25, 0.3) is 6.08 Å². The van der Waals surface area contributed by atoms with Gasteiger partial charge < -0.3 is 0 Å². The zero-order chi connectivity index (χ0) is 15.4. The average molecular weight is 314 g/mol. The molecule has 0 amide bonds. The molecule has 0 aliphatic carbocycles. The van der Waals surface area contributed by atoms with E-state index in [1.807, 2.05) is 48.5 Å². The summed E-state index contributed by atoms with van der Waals surface area (Å²) in [5.41, 5.74) is 1.85. The van der Waals surface area contributed by atoms with Gasteiger partial charge in [-0.3, -0.25) is 4.98 Å². The van der Waals surface area contributed by atoms with Gasteiger partial charge >= 0.3 is 0 Å². The summed E-state index contributed by atoms with van der Waals surface area (Å²) in [6.45, 7) is 1.04. The van der Waals surface area contributed by atoms with Crippen LogP contribution in [0.5, 0.6) is 0 Å². The van der Waals surface area contributed by atoms with Crippen molar-refractivity contribution in [3.8, 4) is 0 Å². The quantitative estimate of drug-likeness (QED) is 0.872. The zero-order valence-electron chi connectivity index (χ0n) is 12.2. The van der Waals surface area contributed by atoms with Gasteiger partial charge in [0.25, 0.3) is 0 Å². The minimum Gasteiger partial charge on any atom is -0.261 e. The van der Waals surface area contributed by atoms with Crippen molar-refractivity contribution >= 4 is 16.1 Å². The lowest BCUT2D eigenvalue weighted by Gasteiger charge is -2.13. The Morgan fingerprint density at radius 2 is 1.86 bits per heavy atom. The van der Waals surface area contributed by atoms with Crippen LogP contribution in [-0.4, -0.2) is 30.8 Å². The molecule has 0 N–H and O–H groups in total. The molecule has 0 radical (unpaired) electrons. The number of rotatable bonds is 4. The van der Waals surface area contributed by atoms with Gasteiger partial charge in [0, 0.05) is 36.3 Å². The second-order valence-electron chi connectivity index (χ2n) is 5.36. The van der Waals surface area contributed by atoms with Crippen molar-refractivity contribution < 1.29 is 8.42 Å². The Kier molecular flexibility index (Phi) is 4.36. The van der Waals surface area contributed by atoms with Crippen molar-refractivity contribution in [2.45, 2.75) is 12.3 Å². The molecule has 1 unspecified atom stereocenters. The van der Waals surface area contributed by atoms with Crippen molar-refractivity contribution in [2.24, 2.45) is 0 Å². The van der Waals surface area contributed by atoms with E-state index in [0.29, 0.717) is 13.1 Å². The van der Waals surface area contributed by atoms with Crippen molar-refractivity contribution in [3.05, 3.63) is 71.4 Å². The van der Waals surface area contributed by atoms with E-state index in [-0.39, 0.29) is 5.92 Å². The van der Waals surface area contributed by atoms with Gasteiger partial charge in [-0.05, 0) is 30.2 Å². The molecule has 1 aromatic carbocycles. The highest BCUT2D eigenvalue weighted by atomic mass is 32.2. The molecule has 1 fully saturated rings. The molecule has 0 saturated carbocycles. The Labute approximate surface area is 131 Å². The molecule has 3 rings (SSSR count). The molecule has 1 saturated heterocycles. The van der Waals surface area contributed by atoms with E-state index in [2.05, 4.69) is 4.98 Å². The van der Waals surface area contributed by atoms with Crippen molar-refractivity contribution in [3.63, 3.8) is 0 Å². The predicted octanol–water partition coefficient (Wildman–Crippen LogP) is 2.87. The lowest BCUT2D eigenvalue weighted by atomic mass is 10.0. The molecule has 1 atom stereocenters. The van der Waals surface area contributed by atoms with E-state index in [1.165, 1.54) is 9.71 Å². The highest BCUT2D eigenvalue weighted by Gasteiger charge is 2.31. The Morgan fingerprint density at radius 1 is 1.09 bits per heavy atom. The van der Waals surface area contributed by atoms with E-state index in [0.717, 1.165) is 17.7 Å². The third kappa shape index (κ3) is 3.43.